The van der Waals surface area contributed by atoms with Crippen molar-refractivity contribution in [1.29, 1.82) is 0 Å². The van der Waals surface area contributed by atoms with Crippen LogP contribution in [0.5, 0.6) is 11.5 Å². The van der Waals surface area contributed by atoms with E-state index >= 15 is 0 Å². The number of para-hydroxylation sites is 5. The molecule has 0 aliphatic heterocycles. The average molecular weight is 1030 g/mol. The van der Waals surface area contributed by atoms with Crippen LogP contribution >= 0.6 is 0 Å². The van der Waals surface area contributed by atoms with Crippen molar-refractivity contribution >= 4 is 54.6 Å². The summed E-state index contributed by atoms with van der Waals surface area (Å²) in [7, 11) is 0. The van der Waals surface area contributed by atoms with Gasteiger partial charge in [0.25, 0.3) is 6.33 Å². The third-order valence-electron chi connectivity index (χ3n) is 14.3. The first-order valence-corrected chi connectivity index (χ1v) is 26.1. The molecular weight excluding hydrogens is 951 g/mol. The van der Waals surface area contributed by atoms with Gasteiger partial charge in [0, 0.05) is 42.2 Å². The van der Waals surface area contributed by atoms with Crippen molar-refractivity contribution in [3.8, 4) is 56.6 Å². The van der Waals surface area contributed by atoms with Gasteiger partial charge in [0.1, 0.15) is 17.3 Å². The van der Waals surface area contributed by atoms with Crippen LogP contribution in [0.2, 0.25) is 0 Å². The van der Waals surface area contributed by atoms with E-state index in [0.29, 0.717) is 72.8 Å². The van der Waals surface area contributed by atoms with Gasteiger partial charge in [0.15, 0.2) is 0 Å². The number of ether oxygens (including phenoxy) is 1. The predicted molar refractivity (Wildman–Crippen MR) is 323 cm³/mol. The molecule has 13 aromatic rings. The maximum atomic E-state index is 9.29. The molecule has 0 bridgehead atoms. The number of fused-ring (bicyclic) bond motifs is 7. The second-order valence-corrected chi connectivity index (χ2v) is 22.1. The number of benzene rings is 9. The molecule has 0 amide bonds. The lowest BCUT2D eigenvalue weighted by atomic mass is 9.78. The highest BCUT2D eigenvalue weighted by Crippen LogP contribution is 2.41. The Morgan fingerprint density at radius 1 is 0.538 bits per heavy atom. The molecule has 78 heavy (non-hydrogen) atoms. The Morgan fingerprint density at radius 3 is 1.92 bits per heavy atom. The number of rotatable bonds is 10. The van der Waals surface area contributed by atoms with Crippen LogP contribution in [0.25, 0.3) is 99.8 Å². The van der Waals surface area contributed by atoms with Crippen molar-refractivity contribution in [3.05, 3.63) is 241 Å². The highest BCUT2D eigenvalue weighted by Gasteiger charge is 2.25. The molecule has 382 valence electrons. The molecule has 0 fully saturated rings. The Morgan fingerprint density at radius 2 is 1.21 bits per heavy atom. The van der Waals surface area contributed by atoms with E-state index in [1.54, 1.807) is 42.6 Å². The zero-order valence-corrected chi connectivity index (χ0v) is 44.5. The Labute approximate surface area is 478 Å². The lowest BCUT2D eigenvalue weighted by Crippen LogP contribution is -2.31. The van der Waals surface area contributed by atoms with Crippen LogP contribution in [0, 0.1) is 12.2 Å². The van der Waals surface area contributed by atoms with E-state index in [0.717, 1.165) is 27.8 Å². The monoisotopic (exact) mass is 1030 g/mol. The minimum absolute atomic E-state index is 0.0193. The van der Waals surface area contributed by atoms with E-state index in [4.69, 9.17) is 24.8 Å². The molecule has 9 aromatic carbocycles. The SMILES string of the molecule is [2H]c1c([2H])c([2H])c(-c2cccc(-c3cc(C(C)(C)C)cc(C(C)(C)C)c3)c2-[n+]2[c-]n(-c3cccc(Oc4ccc5c6cc(-n7c8c([2H])c([2H])c([2H])c([2H])c8c8c([2H])c([2H])c([2H])c([2H])c87)ccc6n(-c6cc(C([2H])([2H])C(C)C)ccn6)c5c4)c3)c3ccccc32)c([2H])c1[2H]. The van der Waals surface area contributed by atoms with Gasteiger partial charge >= 0.3 is 0 Å². The molecule has 13 rings (SSSR count). The Hall–Kier alpha value is -9.00. The standard InChI is InChI=1S/C72H63N5O/c1-47(2)38-48-36-37-73-69(39-48)77-65-35-32-54(76-63-28-14-12-24-59(63)60-25-13-15-29-64(60)76)44-62(65)61-34-33-56(45-68(61)77)78-55-23-18-22-53(43-55)74-46-75(67-31-17-16-30-66(67)74)70-57(49-20-10-9-11-21-49)26-19-27-58(70)50-40-51(71(3,4)5)42-52(41-50)72(6,7)8/h9-37,39-45,47H,38H2,1-8H3/i9D,10D,11D,12D,13D,14D,15D,20D,21D,24D,25D,28D,29D,38D2. The molecule has 0 aliphatic carbocycles. The summed E-state index contributed by atoms with van der Waals surface area (Å²) in [6, 6.07) is 35.8. The van der Waals surface area contributed by atoms with Crippen molar-refractivity contribution < 1.29 is 29.9 Å². The fourth-order valence-corrected chi connectivity index (χ4v) is 10.6. The lowest BCUT2D eigenvalue weighted by molar-refractivity contribution is -0.571. The first-order chi connectivity index (χ1) is 43.9. The zero-order valence-electron chi connectivity index (χ0n) is 59.5. The second-order valence-electron chi connectivity index (χ2n) is 22.1. The normalized spacial score (nSPS) is 15.2. The minimum Gasteiger partial charge on any atom is -0.458 e. The largest absolute Gasteiger partial charge is 0.458 e. The van der Waals surface area contributed by atoms with Crippen molar-refractivity contribution in [2.24, 2.45) is 5.92 Å². The summed E-state index contributed by atoms with van der Waals surface area (Å²) in [6.45, 7) is 16.6. The maximum absolute atomic E-state index is 9.29. The number of hydrogen-bond acceptors (Lipinski definition) is 2. The summed E-state index contributed by atoms with van der Waals surface area (Å²) in [6.07, 6.45) is 3.48. The predicted octanol–water partition coefficient (Wildman–Crippen LogP) is 18.2. The van der Waals surface area contributed by atoms with Crippen molar-refractivity contribution in [2.45, 2.75) is 72.6 Å². The summed E-state index contributed by atoms with van der Waals surface area (Å²) in [5.74, 6) is 0.843. The second kappa shape index (κ2) is 18.9. The Kier molecular flexibility index (Phi) is 8.40. The zero-order chi connectivity index (χ0) is 66.6. The molecule has 0 saturated carbocycles. The molecule has 6 heteroatoms. The van der Waals surface area contributed by atoms with Crippen LogP contribution in [0.4, 0.5) is 0 Å². The van der Waals surface area contributed by atoms with Crippen molar-refractivity contribution in [2.75, 3.05) is 0 Å². The average Bonchev–Trinajstić information content (AvgIpc) is 1.55. The first-order valence-electron chi connectivity index (χ1n) is 33.6. The molecule has 0 aliphatic rings. The first kappa shape index (κ1) is 34.6. The van der Waals surface area contributed by atoms with E-state index in [2.05, 4.69) is 66.1 Å². The van der Waals surface area contributed by atoms with Crippen molar-refractivity contribution in [3.63, 3.8) is 0 Å². The van der Waals surface area contributed by atoms with Crippen LogP contribution in [0.3, 0.4) is 0 Å². The maximum Gasteiger partial charge on any atom is 0.269 e. The van der Waals surface area contributed by atoms with Gasteiger partial charge in [-0.15, -0.1) is 0 Å². The highest BCUT2D eigenvalue weighted by molar-refractivity contribution is 6.12. The summed E-state index contributed by atoms with van der Waals surface area (Å²) >= 11 is 0. The topological polar surface area (TPSA) is 40.8 Å². The van der Waals surface area contributed by atoms with Crippen LogP contribution in [0.1, 0.15) is 92.6 Å². The fraction of sp³-hybridized carbons (Fsp3) is 0.167. The Balaban J connectivity index is 0.991. The van der Waals surface area contributed by atoms with E-state index in [1.165, 1.54) is 4.57 Å². The summed E-state index contributed by atoms with van der Waals surface area (Å²) < 4.78 is 148. The highest BCUT2D eigenvalue weighted by atomic mass is 16.5. The molecule has 0 radical (unpaired) electrons. The summed E-state index contributed by atoms with van der Waals surface area (Å²) in [5.41, 5.74) is 8.35. The van der Waals surface area contributed by atoms with E-state index in [1.807, 2.05) is 106 Å². The summed E-state index contributed by atoms with van der Waals surface area (Å²) in [4.78, 5) is 4.82. The van der Waals surface area contributed by atoms with Crippen molar-refractivity contribution in [1.82, 2.24) is 18.7 Å². The van der Waals surface area contributed by atoms with Gasteiger partial charge in [0.2, 0.25) is 0 Å². The van der Waals surface area contributed by atoms with Gasteiger partial charge in [0.05, 0.1) is 62.3 Å². The molecule has 0 spiro atoms. The van der Waals surface area contributed by atoms with Crippen LogP contribution in [-0.4, -0.2) is 18.7 Å². The number of hydrogen-bond donors (Lipinski definition) is 0. The number of pyridine rings is 1. The fourth-order valence-electron chi connectivity index (χ4n) is 10.6. The van der Waals surface area contributed by atoms with Gasteiger partial charge in [-0.1, -0.05) is 189 Å². The van der Waals surface area contributed by atoms with Crippen LogP contribution in [0.15, 0.2) is 218 Å². The third-order valence-corrected chi connectivity index (χ3v) is 14.3. The number of imidazole rings is 1. The van der Waals surface area contributed by atoms with Crippen LogP contribution < -0.4 is 9.30 Å². The number of aromatic nitrogens is 5. The van der Waals surface area contributed by atoms with E-state index < -0.39 is 78.8 Å². The van der Waals surface area contributed by atoms with Gasteiger partial charge in [-0.05, 0) is 135 Å². The van der Waals surface area contributed by atoms with Gasteiger partial charge < -0.3 is 9.30 Å². The van der Waals surface area contributed by atoms with Gasteiger partial charge in [-0.3, -0.25) is 13.7 Å². The van der Waals surface area contributed by atoms with E-state index in [9.17, 15) is 5.48 Å². The number of nitrogens with zero attached hydrogens (tertiary/aromatic N) is 5. The van der Waals surface area contributed by atoms with Gasteiger partial charge in [-0.25, -0.2) is 4.98 Å². The molecule has 0 atom stereocenters. The Bertz CT molecular complexity index is 5200. The lowest BCUT2D eigenvalue weighted by Gasteiger charge is -2.27. The summed E-state index contributed by atoms with van der Waals surface area (Å²) in [5, 5.41) is 1.22. The molecule has 0 unspecified atom stereocenters. The quantitative estimate of drug-likeness (QED) is 0.101. The molecule has 4 heterocycles. The molecule has 4 aromatic heterocycles. The van der Waals surface area contributed by atoms with Gasteiger partial charge in [-0.2, -0.15) is 0 Å². The smallest absolute Gasteiger partial charge is 0.269 e. The molecule has 0 saturated heterocycles. The molecular formula is C72H63N5O. The molecule has 0 N–H and O–H groups in total. The molecule has 6 nitrogen and oxygen atoms in total. The van der Waals surface area contributed by atoms with Crippen LogP contribution in [-0.2, 0) is 17.2 Å². The van der Waals surface area contributed by atoms with E-state index in [-0.39, 0.29) is 50.3 Å². The minimum atomic E-state index is -1.74. The third kappa shape index (κ3) is 8.62.